The normalized spacial score (nSPS) is 22.6. The van der Waals surface area contributed by atoms with Gasteiger partial charge in [-0.2, -0.15) is 0 Å². The first kappa shape index (κ1) is 20.4. The van der Waals surface area contributed by atoms with Gasteiger partial charge in [-0.3, -0.25) is 4.99 Å². The lowest BCUT2D eigenvalue weighted by molar-refractivity contribution is 0.156. The number of rotatable bonds is 5. The molecule has 1 spiro atoms. The molecule has 27 heavy (non-hydrogen) atoms. The van der Waals surface area contributed by atoms with Crippen LogP contribution >= 0.6 is 24.0 Å². The van der Waals surface area contributed by atoms with Crippen LogP contribution in [-0.4, -0.2) is 59.8 Å². The van der Waals surface area contributed by atoms with Crippen molar-refractivity contribution in [1.82, 2.24) is 19.8 Å². The number of aryl methyl sites for hydroxylation is 1. The third-order valence-electron chi connectivity index (χ3n) is 5.60. The largest absolute Gasteiger partial charge is 0.381 e. The van der Waals surface area contributed by atoms with Crippen LogP contribution in [0.3, 0.4) is 0 Å². The molecule has 1 N–H and O–H groups in total. The number of hydrogen-bond acceptors (Lipinski definition) is 3. The van der Waals surface area contributed by atoms with Gasteiger partial charge in [-0.05, 0) is 38.3 Å². The number of aromatic nitrogens is 2. The monoisotopic (exact) mass is 483 g/mol. The minimum Gasteiger partial charge on any atom is -0.381 e. The Morgan fingerprint density at radius 3 is 3.04 bits per heavy atom. The third kappa shape index (κ3) is 4.56. The van der Waals surface area contributed by atoms with Crippen LogP contribution in [0.4, 0.5) is 0 Å². The van der Waals surface area contributed by atoms with Crippen molar-refractivity contribution < 1.29 is 4.74 Å². The minimum absolute atomic E-state index is 0. The van der Waals surface area contributed by atoms with Crippen LogP contribution in [0.5, 0.6) is 0 Å². The molecule has 2 aromatic rings. The number of aliphatic imine (C=N–C) groups is 1. The second kappa shape index (κ2) is 9.23. The van der Waals surface area contributed by atoms with Crippen LogP contribution in [0.1, 0.15) is 26.2 Å². The molecule has 4 rings (SSSR count). The second-order valence-corrected chi connectivity index (χ2v) is 7.49. The molecule has 0 radical (unpaired) electrons. The van der Waals surface area contributed by atoms with Crippen molar-refractivity contribution in [3.05, 3.63) is 30.6 Å². The highest BCUT2D eigenvalue weighted by molar-refractivity contribution is 14.0. The molecular weight excluding hydrogens is 453 g/mol. The van der Waals surface area contributed by atoms with Gasteiger partial charge in [0.15, 0.2) is 5.96 Å². The Hall–Kier alpha value is -1.35. The maximum Gasteiger partial charge on any atom is 0.193 e. The number of imidazole rings is 1. The highest BCUT2D eigenvalue weighted by Gasteiger charge is 2.42. The van der Waals surface area contributed by atoms with Gasteiger partial charge in [-0.25, -0.2) is 4.98 Å². The molecule has 2 aliphatic rings. The summed E-state index contributed by atoms with van der Waals surface area (Å²) < 4.78 is 7.87. The van der Waals surface area contributed by atoms with E-state index in [-0.39, 0.29) is 24.0 Å². The third-order valence-corrected chi connectivity index (χ3v) is 5.60. The second-order valence-electron chi connectivity index (χ2n) is 7.49. The Bertz CT molecular complexity index is 769. The number of halogens is 1. The number of nitrogens with zero attached hydrogens (tertiary/aromatic N) is 4. The van der Waals surface area contributed by atoms with Gasteiger partial charge in [0.2, 0.25) is 0 Å². The Morgan fingerprint density at radius 2 is 2.22 bits per heavy atom. The molecule has 3 heterocycles. The summed E-state index contributed by atoms with van der Waals surface area (Å²) in [6.45, 7) is 8.81. The fourth-order valence-corrected chi connectivity index (χ4v) is 4.13. The predicted molar refractivity (Wildman–Crippen MR) is 120 cm³/mol. The van der Waals surface area contributed by atoms with E-state index >= 15 is 0 Å². The zero-order valence-corrected chi connectivity index (χ0v) is 18.4. The summed E-state index contributed by atoms with van der Waals surface area (Å²) in [5, 5.41) is 3.47. The molecule has 1 atom stereocenters. The first-order chi connectivity index (χ1) is 12.8. The van der Waals surface area contributed by atoms with Crippen LogP contribution in [0.15, 0.2) is 35.6 Å². The summed E-state index contributed by atoms with van der Waals surface area (Å²) in [6, 6.07) is 8.29. The number of nitrogens with one attached hydrogen (secondary N) is 1. The van der Waals surface area contributed by atoms with Crippen LogP contribution in [0, 0.1) is 5.41 Å². The standard InChI is InChI=1S/C20H29N5O.HI/c1-2-21-19(24-12-8-20(14-24)9-13-26-15-20)22-10-5-11-25-16-23-17-6-3-4-7-18(17)25;/h3-4,6-7,16H,2,5,8-15H2,1H3,(H,21,22);1H. The summed E-state index contributed by atoms with van der Waals surface area (Å²) in [6.07, 6.45) is 5.36. The zero-order chi connectivity index (χ0) is 17.8. The molecule has 1 unspecified atom stereocenters. The molecule has 0 bridgehead atoms. The van der Waals surface area contributed by atoms with Crippen LogP contribution in [0.25, 0.3) is 11.0 Å². The Labute approximate surface area is 178 Å². The number of ether oxygens (including phenoxy) is 1. The SMILES string of the molecule is CCNC(=NCCCn1cnc2ccccc21)N1CCC2(CCOC2)C1.I. The quantitative estimate of drug-likeness (QED) is 0.308. The van der Waals surface area contributed by atoms with Gasteiger partial charge >= 0.3 is 0 Å². The van der Waals surface area contributed by atoms with Gasteiger partial charge in [0, 0.05) is 44.7 Å². The van der Waals surface area contributed by atoms with Crippen LogP contribution in [0.2, 0.25) is 0 Å². The van der Waals surface area contributed by atoms with Gasteiger partial charge in [0.25, 0.3) is 0 Å². The number of benzene rings is 1. The number of likely N-dealkylation sites (tertiary alicyclic amines) is 1. The molecular formula is C20H30IN5O. The number of para-hydroxylation sites is 2. The van der Waals surface area contributed by atoms with E-state index in [2.05, 4.69) is 44.9 Å². The van der Waals surface area contributed by atoms with Crippen molar-refractivity contribution in [3.8, 4) is 0 Å². The van der Waals surface area contributed by atoms with E-state index < -0.39 is 0 Å². The Balaban J connectivity index is 0.00000210. The fourth-order valence-electron chi connectivity index (χ4n) is 4.13. The summed E-state index contributed by atoms with van der Waals surface area (Å²) in [5.74, 6) is 1.06. The molecule has 0 aliphatic carbocycles. The molecule has 1 aromatic heterocycles. The smallest absolute Gasteiger partial charge is 0.193 e. The van der Waals surface area contributed by atoms with E-state index in [1.54, 1.807) is 0 Å². The summed E-state index contributed by atoms with van der Waals surface area (Å²) in [4.78, 5) is 11.8. The van der Waals surface area contributed by atoms with Crippen molar-refractivity contribution in [3.63, 3.8) is 0 Å². The van der Waals surface area contributed by atoms with Gasteiger partial charge in [-0.15, -0.1) is 24.0 Å². The van der Waals surface area contributed by atoms with Crippen LogP contribution < -0.4 is 5.32 Å². The summed E-state index contributed by atoms with van der Waals surface area (Å²) in [5.41, 5.74) is 2.63. The average molecular weight is 483 g/mol. The predicted octanol–water partition coefficient (Wildman–Crippen LogP) is 3.12. The van der Waals surface area contributed by atoms with Crippen molar-refractivity contribution in [1.29, 1.82) is 0 Å². The summed E-state index contributed by atoms with van der Waals surface area (Å²) in [7, 11) is 0. The van der Waals surface area contributed by atoms with Crippen molar-refractivity contribution in [2.24, 2.45) is 10.4 Å². The zero-order valence-electron chi connectivity index (χ0n) is 16.1. The Morgan fingerprint density at radius 1 is 1.33 bits per heavy atom. The van der Waals surface area contributed by atoms with E-state index in [1.165, 1.54) is 18.4 Å². The van der Waals surface area contributed by atoms with Gasteiger partial charge in [0.1, 0.15) is 0 Å². The van der Waals surface area contributed by atoms with Crippen molar-refractivity contribution in [2.75, 3.05) is 39.4 Å². The first-order valence-electron chi connectivity index (χ1n) is 9.81. The van der Waals surface area contributed by atoms with Crippen molar-refractivity contribution >= 4 is 41.0 Å². The Kier molecular flexibility index (Phi) is 6.97. The average Bonchev–Trinajstić information content (AvgIpc) is 3.39. The molecule has 2 fully saturated rings. The maximum atomic E-state index is 5.65. The molecule has 2 aliphatic heterocycles. The topological polar surface area (TPSA) is 54.7 Å². The van der Waals surface area contributed by atoms with Crippen molar-refractivity contribution in [2.45, 2.75) is 32.7 Å². The molecule has 7 heteroatoms. The maximum absolute atomic E-state index is 5.65. The fraction of sp³-hybridized carbons (Fsp3) is 0.600. The number of fused-ring (bicyclic) bond motifs is 1. The van der Waals surface area contributed by atoms with E-state index in [0.29, 0.717) is 5.41 Å². The molecule has 0 amide bonds. The van der Waals surface area contributed by atoms with E-state index in [9.17, 15) is 0 Å². The molecule has 148 valence electrons. The highest BCUT2D eigenvalue weighted by Crippen LogP contribution is 2.38. The van der Waals surface area contributed by atoms with Gasteiger partial charge in [0.05, 0.1) is 24.0 Å². The highest BCUT2D eigenvalue weighted by atomic mass is 127. The summed E-state index contributed by atoms with van der Waals surface area (Å²) >= 11 is 0. The van der Waals surface area contributed by atoms with Gasteiger partial charge < -0.3 is 19.5 Å². The molecule has 6 nitrogen and oxygen atoms in total. The number of guanidine groups is 1. The van der Waals surface area contributed by atoms with E-state index in [1.807, 2.05) is 12.4 Å². The van der Waals surface area contributed by atoms with Gasteiger partial charge in [-0.1, -0.05) is 12.1 Å². The lowest BCUT2D eigenvalue weighted by Crippen LogP contribution is -2.41. The van der Waals surface area contributed by atoms with E-state index in [0.717, 1.165) is 63.8 Å². The van der Waals surface area contributed by atoms with E-state index in [4.69, 9.17) is 9.73 Å². The molecule has 1 aromatic carbocycles. The van der Waals surface area contributed by atoms with Crippen LogP contribution in [-0.2, 0) is 11.3 Å². The lowest BCUT2D eigenvalue weighted by atomic mass is 9.87. The molecule has 2 saturated heterocycles. The first-order valence-corrected chi connectivity index (χ1v) is 9.81. The number of hydrogen-bond donors (Lipinski definition) is 1. The lowest BCUT2D eigenvalue weighted by Gasteiger charge is -2.25. The molecule has 0 saturated carbocycles. The minimum atomic E-state index is 0.